The molecule has 0 aliphatic heterocycles. The first kappa shape index (κ1) is 14.5. The SMILES string of the molecule is Cc1nc(S(=O)(=O)Cl)cn1Cc1cccc(F)c1Br. The molecule has 102 valence electrons. The summed E-state index contributed by atoms with van der Waals surface area (Å²) in [6.07, 6.45) is 1.33. The fourth-order valence-corrected chi connectivity index (χ4v) is 2.72. The first-order chi connectivity index (χ1) is 8.79. The third-order valence-electron chi connectivity index (χ3n) is 2.58. The third kappa shape index (κ3) is 3.16. The summed E-state index contributed by atoms with van der Waals surface area (Å²) in [6, 6.07) is 4.66. The van der Waals surface area contributed by atoms with Crippen LogP contribution >= 0.6 is 26.6 Å². The van der Waals surface area contributed by atoms with Crippen molar-refractivity contribution in [1.29, 1.82) is 0 Å². The van der Waals surface area contributed by atoms with Crippen molar-refractivity contribution in [2.45, 2.75) is 18.5 Å². The highest BCUT2D eigenvalue weighted by Crippen LogP contribution is 2.22. The fraction of sp³-hybridized carbons (Fsp3) is 0.182. The highest BCUT2D eigenvalue weighted by Gasteiger charge is 2.16. The molecule has 0 unspecified atom stereocenters. The van der Waals surface area contributed by atoms with E-state index in [2.05, 4.69) is 20.9 Å². The van der Waals surface area contributed by atoms with Crippen LogP contribution < -0.4 is 0 Å². The Morgan fingerprint density at radius 2 is 2.16 bits per heavy atom. The Kier molecular flexibility index (Phi) is 3.98. The lowest BCUT2D eigenvalue weighted by Gasteiger charge is -2.07. The van der Waals surface area contributed by atoms with Crippen molar-refractivity contribution in [3.05, 3.63) is 46.1 Å². The van der Waals surface area contributed by atoms with Crippen molar-refractivity contribution >= 4 is 35.7 Å². The molecular weight excluding hydrogens is 359 g/mol. The molecule has 0 saturated heterocycles. The van der Waals surface area contributed by atoms with Gasteiger partial charge in [0.2, 0.25) is 0 Å². The number of benzene rings is 1. The molecule has 1 aromatic carbocycles. The molecule has 0 bridgehead atoms. The third-order valence-corrected chi connectivity index (χ3v) is 4.63. The first-order valence-corrected chi connectivity index (χ1v) is 8.30. The average Bonchev–Trinajstić information content (AvgIpc) is 2.67. The Labute approximate surface area is 122 Å². The van der Waals surface area contributed by atoms with E-state index >= 15 is 0 Å². The van der Waals surface area contributed by atoms with Crippen molar-refractivity contribution in [2.24, 2.45) is 0 Å². The maximum Gasteiger partial charge on any atom is 0.280 e. The van der Waals surface area contributed by atoms with E-state index < -0.39 is 9.05 Å². The predicted molar refractivity (Wildman–Crippen MR) is 73.2 cm³/mol. The van der Waals surface area contributed by atoms with Gasteiger partial charge in [-0.1, -0.05) is 12.1 Å². The number of nitrogens with zero attached hydrogens (tertiary/aromatic N) is 2. The standard InChI is InChI=1S/C11H9BrClFN2O2S/c1-7-15-10(19(13,17)18)6-16(7)5-8-3-2-4-9(14)11(8)12/h2-4,6H,5H2,1H3. The van der Waals surface area contributed by atoms with Gasteiger partial charge >= 0.3 is 0 Å². The van der Waals surface area contributed by atoms with Gasteiger partial charge in [0.05, 0.1) is 4.47 Å². The molecule has 0 atom stereocenters. The maximum absolute atomic E-state index is 13.4. The van der Waals surface area contributed by atoms with E-state index in [0.29, 0.717) is 22.4 Å². The molecule has 1 heterocycles. The first-order valence-electron chi connectivity index (χ1n) is 5.20. The Morgan fingerprint density at radius 3 is 2.74 bits per heavy atom. The van der Waals surface area contributed by atoms with Crippen molar-refractivity contribution in [2.75, 3.05) is 0 Å². The van der Waals surface area contributed by atoms with E-state index in [1.807, 2.05) is 0 Å². The number of hydrogen-bond donors (Lipinski definition) is 0. The lowest BCUT2D eigenvalue weighted by Crippen LogP contribution is -2.02. The molecular formula is C11H9BrClFN2O2S. The van der Waals surface area contributed by atoms with Crippen molar-refractivity contribution in [3.8, 4) is 0 Å². The summed E-state index contributed by atoms with van der Waals surface area (Å²) in [5.41, 5.74) is 0.680. The molecule has 4 nitrogen and oxygen atoms in total. The van der Waals surface area contributed by atoms with E-state index in [0.717, 1.165) is 0 Å². The van der Waals surface area contributed by atoms with Gasteiger partial charge in [-0.2, -0.15) is 0 Å². The molecule has 0 aliphatic rings. The Hall–Kier alpha value is -0.920. The van der Waals surface area contributed by atoms with Gasteiger partial charge < -0.3 is 4.57 Å². The normalized spacial score (nSPS) is 11.8. The van der Waals surface area contributed by atoms with Crippen LogP contribution in [0.25, 0.3) is 0 Å². The number of halogens is 3. The molecule has 8 heteroatoms. The molecule has 0 saturated carbocycles. The number of aryl methyl sites for hydroxylation is 1. The smallest absolute Gasteiger partial charge is 0.280 e. The second-order valence-electron chi connectivity index (χ2n) is 3.91. The van der Waals surface area contributed by atoms with Gasteiger partial charge in [0.25, 0.3) is 9.05 Å². The van der Waals surface area contributed by atoms with Gasteiger partial charge in [-0.15, -0.1) is 0 Å². The quantitative estimate of drug-likeness (QED) is 0.784. The van der Waals surface area contributed by atoms with E-state index in [1.165, 1.54) is 12.3 Å². The summed E-state index contributed by atoms with van der Waals surface area (Å²) < 4.78 is 37.7. The number of imidazole rings is 1. The summed E-state index contributed by atoms with van der Waals surface area (Å²) in [5, 5.41) is -0.209. The van der Waals surface area contributed by atoms with Crippen LogP contribution in [0.3, 0.4) is 0 Å². The van der Waals surface area contributed by atoms with Gasteiger partial charge in [-0.05, 0) is 34.5 Å². The van der Waals surface area contributed by atoms with Gasteiger partial charge in [0, 0.05) is 23.4 Å². The monoisotopic (exact) mass is 366 g/mol. The van der Waals surface area contributed by atoms with Gasteiger partial charge in [-0.25, -0.2) is 17.8 Å². The minimum Gasteiger partial charge on any atom is -0.329 e. The van der Waals surface area contributed by atoms with Crippen LogP contribution in [0.4, 0.5) is 4.39 Å². The van der Waals surface area contributed by atoms with Crippen LogP contribution in [-0.4, -0.2) is 18.0 Å². The molecule has 2 rings (SSSR count). The van der Waals surface area contributed by atoms with Crippen LogP contribution in [0.5, 0.6) is 0 Å². The molecule has 0 radical (unpaired) electrons. The summed E-state index contributed by atoms with van der Waals surface area (Å²) in [5.74, 6) is 0.107. The average molecular weight is 368 g/mol. The minimum atomic E-state index is -3.86. The van der Waals surface area contributed by atoms with Crippen molar-refractivity contribution in [3.63, 3.8) is 0 Å². The van der Waals surface area contributed by atoms with E-state index in [-0.39, 0.29) is 10.8 Å². The van der Waals surface area contributed by atoms with Gasteiger partial charge in [-0.3, -0.25) is 0 Å². The Bertz CT molecular complexity index is 730. The van der Waals surface area contributed by atoms with E-state index in [1.54, 1.807) is 23.6 Å². The second kappa shape index (κ2) is 5.22. The molecule has 0 N–H and O–H groups in total. The van der Waals surface area contributed by atoms with Crippen LogP contribution in [0, 0.1) is 12.7 Å². The molecule has 0 spiro atoms. The predicted octanol–water partition coefficient (Wildman–Crippen LogP) is 3.07. The number of hydrogen-bond acceptors (Lipinski definition) is 3. The largest absolute Gasteiger partial charge is 0.329 e. The molecule has 1 aromatic heterocycles. The Morgan fingerprint density at radius 1 is 1.47 bits per heavy atom. The zero-order valence-corrected chi connectivity index (χ0v) is 12.9. The Balaban J connectivity index is 2.39. The highest BCUT2D eigenvalue weighted by molar-refractivity contribution is 9.10. The fourth-order valence-electron chi connectivity index (χ4n) is 1.61. The van der Waals surface area contributed by atoms with E-state index in [9.17, 15) is 12.8 Å². The summed E-state index contributed by atoms with van der Waals surface area (Å²) in [4.78, 5) is 3.86. The van der Waals surface area contributed by atoms with Crippen LogP contribution in [-0.2, 0) is 15.6 Å². The lowest BCUT2D eigenvalue weighted by atomic mass is 10.2. The minimum absolute atomic E-state index is 0.209. The topological polar surface area (TPSA) is 52.0 Å². The van der Waals surface area contributed by atoms with Gasteiger partial charge in [0.1, 0.15) is 11.6 Å². The van der Waals surface area contributed by atoms with E-state index in [4.69, 9.17) is 10.7 Å². The zero-order valence-electron chi connectivity index (χ0n) is 9.77. The summed E-state index contributed by atoms with van der Waals surface area (Å²) in [7, 11) is 1.37. The summed E-state index contributed by atoms with van der Waals surface area (Å²) in [6.45, 7) is 1.95. The molecule has 2 aromatic rings. The van der Waals surface area contributed by atoms with Gasteiger partial charge in [0.15, 0.2) is 5.03 Å². The lowest BCUT2D eigenvalue weighted by molar-refractivity contribution is 0.606. The summed E-state index contributed by atoms with van der Waals surface area (Å²) >= 11 is 3.16. The molecule has 0 amide bonds. The number of rotatable bonds is 3. The maximum atomic E-state index is 13.4. The highest BCUT2D eigenvalue weighted by atomic mass is 79.9. The number of aromatic nitrogens is 2. The van der Waals surface area contributed by atoms with Crippen molar-refractivity contribution in [1.82, 2.24) is 9.55 Å². The second-order valence-corrected chi connectivity index (χ2v) is 7.21. The van der Waals surface area contributed by atoms with Crippen LogP contribution in [0.15, 0.2) is 33.9 Å². The molecule has 0 fully saturated rings. The van der Waals surface area contributed by atoms with Crippen LogP contribution in [0.1, 0.15) is 11.4 Å². The molecule has 0 aliphatic carbocycles. The van der Waals surface area contributed by atoms with Crippen molar-refractivity contribution < 1.29 is 12.8 Å². The zero-order chi connectivity index (χ0) is 14.2. The molecule has 19 heavy (non-hydrogen) atoms. The van der Waals surface area contributed by atoms with Crippen LogP contribution in [0.2, 0.25) is 0 Å².